The van der Waals surface area contributed by atoms with Crippen LogP contribution in [0.25, 0.3) is 0 Å². The van der Waals surface area contributed by atoms with Crippen LogP contribution in [0.4, 0.5) is 17.1 Å². The molecule has 7 nitrogen and oxygen atoms in total. The SMILES string of the molecule is CN(c1ccccc1)S(=O)(=O)c1ccc2c(c1)C1C=CCC1C(c1cc([N+](=O)[O-])ccc1Cl)N2. The number of nitrogens with one attached hydrogen (secondary N) is 1. The minimum atomic E-state index is -3.76. The summed E-state index contributed by atoms with van der Waals surface area (Å²) >= 11 is 6.46. The second-order valence-corrected chi connectivity index (χ2v) is 10.9. The third-order valence-corrected chi connectivity index (χ3v) is 8.76. The van der Waals surface area contributed by atoms with Crippen LogP contribution in [0.3, 0.4) is 0 Å². The van der Waals surface area contributed by atoms with Gasteiger partial charge in [-0.25, -0.2) is 8.42 Å². The molecule has 0 fully saturated rings. The maximum Gasteiger partial charge on any atom is 0.269 e. The van der Waals surface area contributed by atoms with Crippen LogP contribution in [-0.2, 0) is 10.0 Å². The Hall–Kier alpha value is -3.36. The van der Waals surface area contributed by atoms with E-state index < -0.39 is 14.9 Å². The molecule has 1 aliphatic carbocycles. The number of anilines is 2. The van der Waals surface area contributed by atoms with Gasteiger partial charge in [0.1, 0.15) is 0 Å². The van der Waals surface area contributed by atoms with Crippen molar-refractivity contribution in [3.63, 3.8) is 0 Å². The number of para-hydroxylation sites is 1. The topological polar surface area (TPSA) is 92.5 Å². The molecule has 1 N–H and O–H groups in total. The summed E-state index contributed by atoms with van der Waals surface area (Å²) in [5.74, 6) is 0.0190. The molecule has 0 saturated heterocycles. The van der Waals surface area contributed by atoms with Crippen LogP contribution in [-0.4, -0.2) is 20.4 Å². The van der Waals surface area contributed by atoms with Gasteiger partial charge in [-0.1, -0.05) is 42.0 Å². The minimum Gasteiger partial charge on any atom is -0.378 e. The fourth-order valence-electron chi connectivity index (χ4n) is 4.86. The molecule has 3 unspecified atom stereocenters. The number of benzene rings is 3. The zero-order valence-corrected chi connectivity index (χ0v) is 19.8. The number of hydrogen-bond acceptors (Lipinski definition) is 5. The Morgan fingerprint density at radius 3 is 2.56 bits per heavy atom. The third-order valence-electron chi connectivity index (χ3n) is 6.64. The van der Waals surface area contributed by atoms with Gasteiger partial charge in [-0.05, 0) is 54.3 Å². The number of hydrogen-bond donors (Lipinski definition) is 1. The monoisotopic (exact) mass is 495 g/mol. The highest BCUT2D eigenvalue weighted by molar-refractivity contribution is 7.92. The van der Waals surface area contributed by atoms with E-state index in [0.717, 1.165) is 17.7 Å². The lowest BCUT2D eigenvalue weighted by molar-refractivity contribution is -0.384. The van der Waals surface area contributed by atoms with Crippen molar-refractivity contribution in [2.45, 2.75) is 23.3 Å². The van der Waals surface area contributed by atoms with Crippen LogP contribution in [0, 0.1) is 16.0 Å². The highest BCUT2D eigenvalue weighted by Crippen LogP contribution is 2.51. The van der Waals surface area contributed by atoms with Crippen molar-refractivity contribution in [1.82, 2.24) is 0 Å². The van der Waals surface area contributed by atoms with E-state index in [-0.39, 0.29) is 28.5 Å². The van der Waals surface area contributed by atoms with Gasteiger partial charge in [-0.15, -0.1) is 0 Å². The lowest BCUT2D eigenvalue weighted by Gasteiger charge is -2.38. The van der Waals surface area contributed by atoms with E-state index in [0.29, 0.717) is 16.3 Å². The number of sulfonamides is 1. The van der Waals surface area contributed by atoms with Crippen LogP contribution in [0.15, 0.2) is 83.8 Å². The Bertz CT molecular complexity index is 1410. The highest BCUT2D eigenvalue weighted by Gasteiger charge is 2.40. The van der Waals surface area contributed by atoms with Crippen LogP contribution >= 0.6 is 11.6 Å². The summed E-state index contributed by atoms with van der Waals surface area (Å²) in [6, 6.07) is 18.3. The second-order valence-electron chi connectivity index (χ2n) is 8.50. The van der Waals surface area contributed by atoms with Crippen molar-refractivity contribution in [1.29, 1.82) is 0 Å². The zero-order valence-electron chi connectivity index (χ0n) is 18.3. The lowest BCUT2D eigenvalue weighted by Crippen LogP contribution is -2.30. The van der Waals surface area contributed by atoms with Crippen molar-refractivity contribution < 1.29 is 13.3 Å². The first-order valence-corrected chi connectivity index (χ1v) is 12.6. The van der Waals surface area contributed by atoms with Gasteiger partial charge in [0, 0.05) is 41.4 Å². The van der Waals surface area contributed by atoms with E-state index in [1.165, 1.54) is 16.4 Å². The van der Waals surface area contributed by atoms with E-state index in [1.807, 2.05) is 6.07 Å². The van der Waals surface area contributed by atoms with Crippen molar-refractivity contribution in [2.75, 3.05) is 16.7 Å². The largest absolute Gasteiger partial charge is 0.378 e. The summed E-state index contributed by atoms with van der Waals surface area (Å²) in [6.07, 6.45) is 4.91. The average molecular weight is 496 g/mol. The molecule has 0 amide bonds. The number of nitro benzene ring substituents is 1. The molecule has 1 heterocycles. The number of rotatable bonds is 5. The summed E-state index contributed by atoms with van der Waals surface area (Å²) in [6.45, 7) is 0. The first kappa shape index (κ1) is 22.4. The standard InChI is InChI=1S/C25H22ClN3O4S/c1-28(16-6-3-2-4-7-16)34(32,33)18-11-13-24-21(15-18)19-8-5-9-20(19)25(27-24)22-14-17(29(30)31)10-12-23(22)26/h2-8,10-15,19-20,25,27H,9H2,1H3. The summed E-state index contributed by atoms with van der Waals surface area (Å²) < 4.78 is 28.0. The first-order chi connectivity index (χ1) is 16.3. The predicted molar refractivity (Wildman–Crippen MR) is 133 cm³/mol. The molecule has 3 aromatic carbocycles. The van der Waals surface area contributed by atoms with Crippen molar-refractivity contribution in [2.24, 2.45) is 5.92 Å². The van der Waals surface area contributed by atoms with Crippen LogP contribution in [0.5, 0.6) is 0 Å². The van der Waals surface area contributed by atoms with Gasteiger partial charge in [0.05, 0.1) is 21.5 Å². The lowest BCUT2D eigenvalue weighted by atomic mass is 9.77. The fourth-order valence-corrected chi connectivity index (χ4v) is 6.33. The maximum atomic E-state index is 13.3. The Morgan fingerprint density at radius 1 is 1.06 bits per heavy atom. The van der Waals surface area contributed by atoms with E-state index in [1.54, 1.807) is 55.6 Å². The molecule has 3 aromatic rings. The molecule has 2 aliphatic rings. The predicted octanol–water partition coefficient (Wildman–Crippen LogP) is 5.90. The number of fused-ring (bicyclic) bond motifs is 3. The van der Waals surface area contributed by atoms with Crippen LogP contribution < -0.4 is 9.62 Å². The Balaban J connectivity index is 1.54. The first-order valence-electron chi connectivity index (χ1n) is 10.8. The Morgan fingerprint density at radius 2 is 1.82 bits per heavy atom. The van der Waals surface area contributed by atoms with E-state index >= 15 is 0 Å². The molecule has 0 spiro atoms. The minimum absolute atomic E-state index is 0.0140. The molecule has 0 radical (unpaired) electrons. The molecule has 174 valence electrons. The molecular formula is C25H22ClN3O4S. The van der Waals surface area contributed by atoms with Gasteiger partial charge in [0.15, 0.2) is 0 Å². The molecule has 5 rings (SSSR count). The summed E-state index contributed by atoms with van der Waals surface area (Å²) in [7, 11) is -2.21. The summed E-state index contributed by atoms with van der Waals surface area (Å²) in [5, 5.41) is 15.3. The van der Waals surface area contributed by atoms with Gasteiger partial charge in [0.2, 0.25) is 0 Å². The normalized spacial score (nSPS) is 20.8. The quantitative estimate of drug-likeness (QED) is 0.270. The Kier molecular flexibility index (Phi) is 5.58. The molecular weight excluding hydrogens is 474 g/mol. The molecule has 3 atom stereocenters. The molecule has 0 aromatic heterocycles. The van der Waals surface area contributed by atoms with E-state index in [2.05, 4.69) is 17.5 Å². The third kappa shape index (κ3) is 3.73. The summed E-state index contributed by atoms with van der Waals surface area (Å²) in [5.41, 5.74) is 2.92. The molecule has 9 heteroatoms. The van der Waals surface area contributed by atoms with E-state index in [9.17, 15) is 18.5 Å². The maximum absolute atomic E-state index is 13.3. The number of halogens is 1. The Labute approximate surface area is 202 Å². The average Bonchev–Trinajstić information content (AvgIpc) is 3.34. The molecule has 1 aliphatic heterocycles. The number of nitrogens with zero attached hydrogens (tertiary/aromatic N) is 2. The van der Waals surface area contributed by atoms with Gasteiger partial charge >= 0.3 is 0 Å². The van der Waals surface area contributed by atoms with E-state index in [4.69, 9.17) is 11.6 Å². The summed E-state index contributed by atoms with van der Waals surface area (Å²) in [4.78, 5) is 11.1. The van der Waals surface area contributed by atoms with Crippen molar-refractivity contribution in [3.8, 4) is 0 Å². The van der Waals surface area contributed by atoms with Gasteiger partial charge < -0.3 is 5.32 Å². The van der Waals surface area contributed by atoms with Gasteiger partial charge in [0.25, 0.3) is 15.7 Å². The highest BCUT2D eigenvalue weighted by atomic mass is 35.5. The van der Waals surface area contributed by atoms with Crippen molar-refractivity contribution in [3.05, 3.63) is 105 Å². The molecule has 0 bridgehead atoms. The smallest absolute Gasteiger partial charge is 0.269 e. The van der Waals surface area contributed by atoms with Gasteiger partial charge in [-0.3, -0.25) is 14.4 Å². The second kappa shape index (κ2) is 8.45. The number of allylic oxidation sites excluding steroid dienone is 2. The van der Waals surface area contributed by atoms with Gasteiger partial charge in [-0.2, -0.15) is 0 Å². The van der Waals surface area contributed by atoms with Crippen LogP contribution in [0.2, 0.25) is 5.02 Å². The molecule has 34 heavy (non-hydrogen) atoms. The molecule has 0 saturated carbocycles. The van der Waals surface area contributed by atoms with Crippen LogP contribution in [0.1, 0.15) is 29.5 Å². The van der Waals surface area contributed by atoms with Crippen molar-refractivity contribution >= 4 is 38.7 Å². The number of nitro groups is 1. The fraction of sp³-hybridized carbons (Fsp3) is 0.200. The number of non-ortho nitro benzene ring substituents is 1. The zero-order chi connectivity index (χ0) is 24.0.